The molecule has 0 aliphatic rings. The van der Waals surface area contributed by atoms with Gasteiger partial charge in [0.1, 0.15) is 0 Å². The van der Waals surface area contributed by atoms with E-state index in [4.69, 9.17) is 30.3 Å². The molecule has 0 aliphatic heterocycles. The molecule has 1 rings (SSSR count). The first-order valence-corrected chi connectivity index (χ1v) is 6.72. The Balaban J connectivity index is 0.000000409. The molecule has 0 radical (unpaired) electrons. The molecule has 22 heavy (non-hydrogen) atoms. The number of para-hydroxylation sites is 2. The molecule has 1 aromatic rings. The smallest absolute Gasteiger partial charge is 0.341 e. The molecule has 0 heterocycles. The molecule has 8 heteroatoms. The number of hydrogen-bond acceptors (Lipinski definition) is 7. The van der Waals surface area contributed by atoms with Gasteiger partial charge < -0.3 is 30.3 Å². The maximum atomic E-state index is 10.1. The summed E-state index contributed by atoms with van der Waals surface area (Å²) in [6.45, 7) is 1.31. The summed E-state index contributed by atoms with van der Waals surface area (Å²) in [5, 5.41) is 42.8. The van der Waals surface area contributed by atoms with E-state index in [0.29, 0.717) is 19.6 Å². The number of aliphatic hydroxyl groups excluding tert-OH is 3. The Hall–Kier alpha value is -1.87. The third kappa shape index (κ3) is 9.94. The molecule has 0 spiro atoms. The zero-order chi connectivity index (χ0) is 16.8. The van der Waals surface area contributed by atoms with Crippen molar-refractivity contribution in [3.8, 4) is 11.5 Å². The van der Waals surface area contributed by atoms with E-state index >= 15 is 0 Å². The number of hydrogen-bond donors (Lipinski definition) is 5. The zero-order valence-corrected chi connectivity index (χ0v) is 12.3. The van der Waals surface area contributed by atoms with E-state index in [1.807, 2.05) is 0 Å². The van der Waals surface area contributed by atoms with Gasteiger partial charge in [-0.05, 0) is 12.1 Å². The fourth-order valence-corrected chi connectivity index (χ4v) is 1.48. The predicted octanol–water partition coefficient (Wildman–Crippen LogP) is -0.879. The maximum Gasteiger partial charge on any atom is 0.341 e. The highest BCUT2D eigenvalue weighted by Crippen LogP contribution is 2.23. The third-order valence-corrected chi connectivity index (χ3v) is 2.47. The lowest BCUT2D eigenvalue weighted by Gasteiger charge is -2.17. The van der Waals surface area contributed by atoms with Crippen molar-refractivity contribution in [1.29, 1.82) is 0 Å². The summed E-state index contributed by atoms with van der Waals surface area (Å²) in [6, 6.07) is 6.20. The van der Waals surface area contributed by atoms with Crippen molar-refractivity contribution in [3.63, 3.8) is 0 Å². The van der Waals surface area contributed by atoms with Gasteiger partial charge in [0.25, 0.3) is 0 Å². The number of carboxylic acid groups (broad SMARTS) is 1. The summed E-state index contributed by atoms with van der Waals surface area (Å²) in [6.07, 6.45) is 0. The lowest BCUT2D eigenvalue weighted by atomic mass is 10.3. The average Bonchev–Trinajstić information content (AvgIpc) is 2.48. The first-order valence-electron chi connectivity index (χ1n) is 6.72. The molecule has 0 aromatic heterocycles. The summed E-state index contributed by atoms with van der Waals surface area (Å²) in [5.74, 6) is -0.947. The van der Waals surface area contributed by atoms with Crippen molar-refractivity contribution in [2.45, 2.75) is 0 Å². The van der Waals surface area contributed by atoms with Gasteiger partial charge in [0.05, 0.1) is 19.8 Å². The van der Waals surface area contributed by atoms with Crippen LogP contribution in [0.2, 0.25) is 0 Å². The number of aromatic hydroxyl groups is 1. The Labute approximate surface area is 128 Å². The minimum Gasteiger partial charge on any atom is -0.504 e. The standard InChI is InChI=1S/C8H8O4.C6H15NO3/c9-6-3-1-2-4-7(6)12-5-8(10)11;8-4-1-7(2-5-9)3-6-10/h1-4,9H,5H2,(H,10,11);8-10H,1-6H2. The topological polar surface area (TPSA) is 131 Å². The molecule has 0 saturated heterocycles. The van der Waals surface area contributed by atoms with Gasteiger partial charge in [0.15, 0.2) is 18.1 Å². The fraction of sp³-hybridized carbons (Fsp3) is 0.500. The van der Waals surface area contributed by atoms with Crippen LogP contribution in [0.5, 0.6) is 11.5 Å². The molecule has 0 saturated carbocycles. The number of rotatable bonds is 9. The molecule has 0 amide bonds. The highest BCUT2D eigenvalue weighted by Gasteiger charge is 2.02. The average molecular weight is 317 g/mol. The predicted molar refractivity (Wildman–Crippen MR) is 78.9 cm³/mol. The van der Waals surface area contributed by atoms with Crippen LogP contribution in [0.25, 0.3) is 0 Å². The second kappa shape index (κ2) is 12.8. The van der Waals surface area contributed by atoms with Crippen LogP contribution in [0.3, 0.4) is 0 Å². The van der Waals surface area contributed by atoms with Crippen LogP contribution in [0.4, 0.5) is 0 Å². The number of phenols is 1. The van der Waals surface area contributed by atoms with Gasteiger partial charge in [0, 0.05) is 19.6 Å². The van der Waals surface area contributed by atoms with Gasteiger partial charge in [-0.25, -0.2) is 4.79 Å². The van der Waals surface area contributed by atoms with E-state index in [1.165, 1.54) is 12.1 Å². The number of carbonyl (C=O) groups is 1. The fourth-order valence-electron chi connectivity index (χ4n) is 1.48. The van der Waals surface area contributed by atoms with Crippen molar-refractivity contribution in [2.24, 2.45) is 0 Å². The van der Waals surface area contributed by atoms with Crippen LogP contribution in [-0.4, -0.2) is 82.5 Å². The summed E-state index contributed by atoms with van der Waals surface area (Å²) in [7, 11) is 0. The van der Waals surface area contributed by atoms with Crippen LogP contribution >= 0.6 is 0 Å². The lowest BCUT2D eigenvalue weighted by Crippen LogP contribution is -2.32. The molecular formula is C14H23NO7. The minimum absolute atomic E-state index is 0.0567. The number of aliphatic hydroxyl groups is 3. The second-order valence-electron chi connectivity index (χ2n) is 4.16. The molecule has 0 fully saturated rings. The Morgan fingerprint density at radius 2 is 1.50 bits per heavy atom. The van der Waals surface area contributed by atoms with Gasteiger partial charge in [-0.2, -0.15) is 0 Å². The Morgan fingerprint density at radius 1 is 1.00 bits per heavy atom. The molecule has 5 N–H and O–H groups in total. The molecule has 0 aliphatic carbocycles. The van der Waals surface area contributed by atoms with E-state index in [9.17, 15) is 4.79 Å². The van der Waals surface area contributed by atoms with Crippen LogP contribution in [0, 0.1) is 0 Å². The van der Waals surface area contributed by atoms with Crippen molar-refractivity contribution in [2.75, 3.05) is 46.1 Å². The Morgan fingerprint density at radius 3 is 1.91 bits per heavy atom. The summed E-state index contributed by atoms with van der Waals surface area (Å²) < 4.78 is 4.75. The normalized spacial score (nSPS) is 10.0. The number of phenolic OH excluding ortho intramolecular Hbond substituents is 1. The monoisotopic (exact) mass is 317 g/mol. The van der Waals surface area contributed by atoms with Gasteiger partial charge in [0.2, 0.25) is 0 Å². The molecule has 0 unspecified atom stereocenters. The van der Waals surface area contributed by atoms with Crippen molar-refractivity contribution < 1.29 is 35.1 Å². The highest BCUT2D eigenvalue weighted by molar-refractivity contribution is 5.68. The van der Waals surface area contributed by atoms with Crippen LogP contribution in [0.1, 0.15) is 0 Å². The van der Waals surface area contributed by atoms with E-state index in [2.05, 4.69) is 0 Å². The molecule has 126 valence electrons. The number of benzene rings is 1. The van der Waals surface area contributed by atoms with Crippen molar-refractivity contribution >= 4 is 5.97 Å². The first kappa shape index (κ1) is 20.1. The lowest BCUT2D eigenvalue weighted by molar-refractivity contribution is -0.139. The van der Waals surface area contributed by atoms with Crippen LogP contribution in [0.15, 0.2) is 24.3 Å². The summed E-state index contributed by atoms with van der Waals surface area (Å²) in [5.41, 5.74) is 0. The maximum absolute atomic E-state index is 10.1. The van der Waals surface area contributed by atoms with E-state index < -0.39 is 12.6 Å². The van der Waals surface area contributed by atoms with Crippen LogP contribution in [-0.2, 0) is 4.79 Å². The number of ether oxygens (including phenoxy) is 1. The molecule has 8 nitrogen and oxygen atoms in total. The highest BCUT2D eigenvalue weighted by atomic mass is 16.5. The molecule has 1 aromatic carbocycles. The second-order valence-corrected chi connectivity index (χ2v) is 4.16. The Kier molecular flexibility index (Phi) is 11.7. The first-order chi connectivity index (χ1) is 10.5. The number of aliphatic carboxylic acids is 1. The quantitative estimate of drug-likeness (QED) is 0.397. The number of carboxylic acids is 1. The Bertz CT molecular complexity index is 400. The summed E-state index contributed by atoms with van der Waals surface area (Å²) >= 11 is 0. The third-order valence-electron chi connectivity index (χ3n) is 2.47. The molecule has 0 atom stereocenters. The van der Waals surface area contributed by atoms with Gasteiger partial charge in [-0.3, -0.25) is 4.90 Å². The molecular weight excluding hydrogens is 294 g/mol. The van der Waals surface area contributed by atoms with Gasteiger partial charge in [-0.1, -0.05) is 12.1 Å². The van der Waals surface area contributed by atoms with Crippen LogP contribution < -0.4 is 4.74 Å². The molecule has 0 bridgehead atoms. The van der Waals surface area contributed by atoms with E-state index in [0.717, 1.165) is 0 Å². The van der Waals surface area contributed by atoms with Gasteiger partial charge >= 0.3 is 5.97 Å². The largest absolute Gasteiger partial charge is 0.504 e. The summed E-state index contributed by atoms with van der Waals surface area (Å²) in [4.78, 5) is 11.9. The van der Waals surface area contributed by atoms with Crippen molar-refractivity contribution in [3.05, 3.63) is 24.3 Å². The van der Waals surface area contributed by atoms with Gasteiger partial charge in [-0.15, -0.1) is 0 Å². The van der Waals surface area contributed by atoms with E-state index in [1.54, 1.807) is 17.0 Å². The zero-order valence-electron chi connectivity index (χ0n) is 12.3. The number of nitrogens with zero attached hydrogens (tertiary/aromatic N) is 1. The van der Waals surface area contributed by atoms with E-state index in [-0.39, 0.29) is 31.3 Å². The minimum atomic E-state index is -1.07. The SMILES string of the molecule is O=C(O)COc1ccccc1O.OCCN(CCO)CCO. The van der Waals surface area contributed by atoms with Crippen molar-refractivity contribution in [1.82, 2.24) is 4.90 Å².